The van der Waals surface area contributed by atoms with Crippen molar-refractivity contribution in [2.24, 2.45) is 0 Å². The Labute approximate surface area is 139 Å². The summed E-state index contributed by atoms with van der Waals surface area (Å²) in [4.78, 5) is 15.7. The van der Waals surface area contributed by atoms with Gasteiger partial charge in [-0.25, -0.2) is 0 Å². The third kappa shape index (κ3) is 2.75. The molecule has 7 heteroatoms. The number of pyridine rings is 1. The SMILES string of the molecule is O=c1[nH]c2cc(Cl)cc(Cl)c2c(O)c1Sc1ccc(O)cc1. The Kier molecular flexibility index (Phi) is 3.95. The molecule has 3 N–H and O–H groups in total. The van der Waals surface area contributed by atoms with Gasteiger partial charge in [-0.1, -0.05) is 35.0 Å². The van der Waals surface area contributed by atoms with Crippen LogP contribution in [-0.2, 0) is 0 Å². The molecule has 0 aliphatic carbocycles. The zero-order valence-corrected chi connectivity index (χ0v) is 13.3. The maximum atomic E-state index is 12.2. The summed E-state index contributed by atoms with van der Waals surface area (Å²) >= 11 is 13.1. The summed E-state index contributed by atoms with van der Waals surface area (Å²) in [6.07, 6.45) is 0. The summed E-state index contributed by atoms with van der Waals surface area (Å²) in [6.45, 7) is 0. The Bertz CT molecular complexity index is 923. The lowest BCUT2D eigenvalue weighted by molar-refractivity contribution is 0.467. The predicted molar refractivity (Wildman–Crippen MR) is 88.5 cm³/mol. The summed E-state index contributed by atoms with van der Waals surface area (Å²) in [6, 6.07) is 9.32. The number of H-pyrrole nitrogens is 1. The van der Waals surface area contributed by atoms with Crippen molar-refractivity contribution in [2.45, 2.75) is 9.79 Å². The molecular formula is C15H9Cl2NO3S. The van der Waals surface area contributed by atoms with E-state index in [0.717, 1.165) is 11.8 Å². The molecule has 3 rings (SSSR count). The number of phenolic OH excluding ortho intramolecular Hbond substituents is 1. The van der Waals surface area contributed by atoms with E-state index in [2.05, 4.69) is 4.98 Å². The Hall–Kier alpha value is -1.82. The van der Waals surface area contributed by atoms with Crippen LogP contribution in [0.3, 0.4) is 0 Å². The van der Waals surface area contributed by atoms with Gasteiger partial charge in [0.15, 0.2) is 0 Å². The zero-order valence-electron chi connectivity index (χ0n) is 10.9. The van der Waals surface area contributed by atoms with Crippen LogP contribution in [0.15, 0.2) is 51.0 Å². The third-order valence-corrected chi connectivity index (χ3v) is 4.62. The van der Waals surface area contributed by atoms with Gasteiger partial charge in [-0.05, 0) is 36.4 Å². The molecule has 0 unspecified atom stereocenters. The number of fused-ring (bicyclic) bond motifs is 1. The third-order valence-electron chi connectivity index (χ3n) is 3.02. The molecule has 0 amide bonds. The molecule has 4 nitrogen and oxygen atoms in total. The summed E-state index contributed by atoms with van der Waals surface area (Å²) in [5.74, 6) is -0.0721. The highest BCUT2D eigenvalue weighted by atomic mass is 35.5. The van der Waals surface area contributed by atoms with Crippen molar-refractivity contribution >= 4 is 45.9 Å². The lowest BCUT2D eigenvalue weighted by Gasteiger charge is -2.09. The monoisotopic (exact) mass is 353 g/mol. The Morgan fingerprint density at radius 2 is 1.73 bits per heavy atom. The van der Waals surface area contributed by atoms with Gasteiger partial charge in [0.05, 0.1) is 15.9 Å². The molecule has 1 aromatic heterocycles. The van der Waals surface area contributed by atoms with Crippen molar-refractivity contribution in [2.75, 3.05) is 0 Å². The zero-order chi connectivity index (χ0) is 15.9. The van der Waals surface area contributed by atoms with E-state index in [9.17, 15) is 15.0 Å². The number of halogens is 2. The van der Waals surface area contributed by atoms with E-state index in [-0.39, 0.29) is 21.4 Å². The number of aromatic hydroxyl groups is 2. The molecule has 0 aliphatic heterocycles. The predicted octanol–water partition coefficient (Wildman–Crippen LogP) is 4.40. The van der Waals surface area contributed by atoms with Gasteiger partial charge in [-0.2, -0.15) is 0 Å². The first-order valence-corrected chi connectivity index (χ1v) is 7.74. The molecule has 0 spiro atoms. The molecule has 3 aromatic rings. The minimum atomic E-state index is -0.443. The fraction of sp³-hybridized carbons (Fsp3) is 0. The maximum absolute atomic E-state index is 12.2. The van der Waals surface area contributed by atoms with Crippen LogP contribution in [0.1, 0.15) is 0 Å². The average Bonchev–Trinajstić information content (AvgIpc) is 2.44. The van der Waals surface area contributed by atoms with Gasteiger partial charge in [0.1, 0.15) is 16.4 Å². The lowest BCUT2D eigenvalue weighted by atomic mass is 10.2. The Morgan fingerprint density at radius 3 is 2.41 bits per heavy atom. The van der Waals surface area contributed by atoms with Gasteiger partial charge in [0.25, 0.3) is 5.56 Å². The largest absolute Gasteiger partial charge is 0.508 e. The quantitative estimate of drug-likeness (QED) is 0.638. The van der Waals surface area contributed by atoms with Gasteiger partial charge in [0, 0.05) is 9.92 Å². The van der Waals surface area contributed by atoms with Crippen LogP contribution in [-0.4, -0.2) is 15.2 Å². The number of nitrogens with one attached hydrogen (secondary N) is 1. The number of phenols is 1. The van der Waals surface area contributed by atoms with E-state index >= 15 is 0 Å². The van der Waals surface area contributed by atoms with Crippen LogP contribution in [0.2, 0.25) is 10.0 Å². The second-order valence-corrected chi connectivity index (χ2v) is 6.47. The summed E-state index contributed by atoms with van der Waals surface area (Å²) in [5, 5.41) is 20.6. The summed E-state index contributed by atoms with van der Waals surface area (Å²) in [5.41, 5.74) is -0.0727. The van der Waals surface area contributed by atoms with Crippen LogP contribution in [0, 0.1) is 0 Å². The van der Waals surface area contributed by atoms with Crippen LogP contribution >= 0.6 is 35.0 Å². The number of benzene rings is 2. The first-order chi connectivity index (χ1) is 10.5. The van der Waals surface area contributed by atoms with Crippen molar-refractivity contribution in [1.82, 2.24) is 4.98 Å². The Morgan fingerprint density at radius 1 is 1.05 bits per heavy atom. The summed E-state index contributed by atoms with van der Waals surface area (Å²) < 4.78 is 0. The number of aromatic nitrogens is 1. The minimum Gasteiger partial charge on any atom is -0.508 e. The van der Waals surface area contributed by atoms with Crippen molar-refractivity contribution < 1.29 is 10.2 Å². The van der Waals surface area contributed by atoms with E-state index in [0.29, 0.717) is 20.8 Å². The topological polar surface area (TPSA) is 73.3 Å². The fourth-order valence-electron chi connectivity index (χ4n) is 2.04. The molecule has 0 aliphatic rings. The van der Waals surface area contributed by atoms with Gasteiger partial charge >= 0.3 is 0 Å². The Balaban J connectivity index is 2.18. The smallest absolute Gasteiger partial charge is 0.266 e. The molecule has 22 heavy (non-hydrogen) atoms. The molecule has 2 aromatic carbocycles. The van der Waals surface area contributed by atoms with Crippen molar-refractivity contribution in [3.8, 4) is 11.5 Å². The standard InChI is InChI=1S/C15H9Cl2NO3S/c16-7-5-10(17)12-11(6-7)18-15(21)14(13(12)20)22-9-3-1-8(19)2-4-9/h1-6,19H,(H2,18,20,21). The average molecular weight is 354 g/mol. The van der Waals surface area contributed by atoms with Gasteiger partial charge < -0.3 is 15.2 Å². The molecule has 0 fully saturated rings. The number of hydrogen-bond donors (Lipinski definition) is 3. The van der Waals surface area contributed by atoms with E-state index < -0.39 is 5.56 Å². The van der Waals surface area contributed by atoms with Gasteiger partial charge in [0.2, 0.25) is 0 Å². The highest BCUT2D eigenvalue weighted by Crippen LogP contribution is 2.39. The molecule has 0 radical (unpaired) electrons. The van der Waals surface area contributed by atoms with E-state index in [1.54, 1.807) is 12.1 Å². The number of aromatic amines is 1. The number of hydrogen-bond acceptors (Lipinski definition) is 4. The lowest BCUT2D eigenvalue weighted by Crippen LogP contribution is -2.08. The highest BCUT2D eigenvalue weighted by molar-refractivity contribution is 7.99. The minimum absolute atomic E-state index is 0.124. The summed E-state index contributed by atoms with van der Waals surface area (Å²) in [7, 11) is 0. The van der Waals surface area contributed by atoms with Crippen LogP contribution in [0.5, 0.6) is 11.5 Å². The van der Waals surface area contributed by atoms with E-state index in [1.165, 1.54) is 24.3 Å². The molecular weight excluding hydrogens is 345 g/mol. The van der Waals surface area contributed by atoms with Crippen molar-refractivity contribution in [3.63, 3.8) is 0 Å². The fourth-order valence-corrected chi connectivity index (χ4v) is 3.47. The first kappa shape index (κ1) is 15.1. The molecule has 112 valence electrons. The van der Waals surface area contributed by atoms with E-state index in [4.69, 9.17) is 23.2 Å². The van der Waals surface area contributed by atoms with Crippen molar-refractivity contribution in [3.05, 3.63) is 56.8 Å². The second-order valence-electron chi connectivity index (χ2n) is 4.54. The normalized spacial score (nSPS) is 11.0. The highest BCUT2D eigenvalue weighted by Gasteiger charge is 2.16. The second kappa shape index (κ2) is 5.76. The maximum Gasteiger partial charge on any atom is 0.266 e. The molecule has 0 saturated heterocycles. The van der Waals surface area contributed by atoms with Gasteiger partial charge in [-0.3, -0.25) is 4.79 Å². The number of rotatable bonds is 2. The van der Waals surface area contributed by atoms with Crippen molar-refractivity contribution in [1.29, 1.82) is 0 Å². The molecule has 0 saturated carbocycles. The molecule has 0 bridgehead atoms. The molecule has 1 heterocycles. The first-order valence-electron chi connectivity index (χ1n) is 6.16. The van der Waals surface area contributed by atoms with Crippen LogP contribution in [0.25, 0.3) is 10.9 Å². The van der Waals surface area contributed by atoms with Crippen LogP contribution < -0.4 is 5.56 Å². The van der Waals surface area contributed by atoms with Gasteiger partial charge in [-0.15, -0.1) is 0 Å². The van der Waals surface area contributed by atoms with Crippen LogP contribution in [0.4, 0.5) is 0 Å². The molecule has 0 atom stereocenters. The van der Waals surface area contributed by atoms with E-state index in [1.807, 2.05) is 0 Å².